The highest BCUT2D eigenvalue weighted by molar-refractivity contribution is 5.83. The van der Waals surface area contributed by atoms with Gasteiger partial charge in [0.05, 0.1) is 24.2 Å². The smallest absolute Gasteiger partial charge is 0.225 e. The van der Waals surface area contributed by atoms with Crippen molar-refractivity contribution >= 4 is 11.8 Å². The maximum atomic E-state index is 12.0. The van der Waals surface area contributed by atoms with Crippen molar-refractivity contribution in [2.75, 3.05) is 6.54 Å². The highest BCUT2D eigenvalue weighted by Crippen LogP contribution is 2.34. The third kappa shape index (κ3) is 2.16. The van der Waals surface area contributed by atoms with Gasteiger partial charge in [0, 0.05) is 13.0 Å². The van der Waals surface area contributed by atoms with Crippen LogP contribution in [0.25, 0.3) is 0 Å². The summed E-state index contributed by atoms with van der Waals surface area (Å²) in [5, 5.41) is 5.82. The first-order valence-electron chi connectivity index (χ1n) is 6.45. The van der Waals surface area contributed by atoms with Crippen molar-refractivity contribution in [2.45, 2.75) is 50.4 Å². The molecular formula is C12H18N2O3. The lowest BCUT2D eigenvalue weighted by atomic mass is 9.93. The van der Waals surface area contributed by atoms with Gasteiger partial charge in [-0.25, -0.2) is 0 Å². The summed E-state index contributed by atoms with van der Waals surface area (Å²) in [5.41, 5.74) is 0. The number of amides is 2. The number of carbonyl (C=O) groups excluding carboxylic acids is 2. The third-order valence-electron chi connectivity index (χ3n) is 4.07. The molecule has 0 spiro atoms. The Morgan fingerprint density at radius 2 is 2.24 bits per heavy atom. The zero-order valence-corrected chi connectivity index (χ0v) is 9.78. The van der Waals surface area contributed by atoms with Crippen LogP contribution in [0.3, 0.4) is 0 Å². The van der Waals surface area contributed by atoms with Crippen LogP contribution in [0.4, 0.5) is 0 Å². The van der Waals surface area contributed by atoms with Gasteiger partial charge in [-0.3, -0.25) is 9.59 Å². The molecule has 0 aromatic rings. The fourth-order valence-corrected chi connectivity index (χ4v) is 3.05. The van der Waals surface area contributed by atoms with E-state index in [1.54, 1.807) is 0 Å². The van der Waals surface area contributed by atoms with Gasteiger partial charge in [-0.1, -0.05) is 0 Å². The lowest BCUT2D eigenvalue weighted by Crippen LogP contribution is -2.48. The van der Waals surface area contributed by atoms with E-state index in [4.69, 9.17) is 4.74 Å². The Kier molecular flexibility index (Phi) is 2.78. The molecule has 17 heavy (non-hydrogen) atoms. The molecule has 3 aliphatic heterocycles. The second-order valence-corrected chi connectivity index (χ2v) is 5.26. The summed E-state index contributed by atoms with van der Waals surface area (Å²) in [5.74, 6) is 0.0651. The molecule has 3 rings (SSSR count). The van der Waals surface area contributed by atoms with Crippen molar-refractivity contribution in [1.82, 2.24) is 10.6 Å². The number of hydrogen-bond acceptors (Lipinski definition) is 3. The molecule has 0 aromatic heterocycles. The highest BCUT2D eigenvalue weighted by atomic mass is 16.5. The van der Waals surface area contributed by atoms with E-state index in [1.165, 1.54) is 0 Å². The van der Waals surface area contributed by atoms with Crippen LogP contribution < -0.4 is 10.6 Å². The summed E-state index contributed by atoms with van der Waals surface area (Å²) in [6, 6.07) is 0.193. The first kappa shape index (κ1) is 11.0. The van der Waals surface area contributed by atoms with Crippen LogP contribution in [0.1, 0.15) is 32.1 Å². The minimum Gasteiger partial charge on any atom is -0.373 e. The molecule has 0 aromatic carbocycles. The van der Waals surface area contributed by atoms with Gasteiger partial charge in [-0.2, -0.15) is 0 Å². The summed E-state index contributed by atoms with van der Waals surface area (Å²) >= 11 is 0. The minimum absolute atomic E-state index is 0.0531. The van der Waals surface area contributed by atoms with E-state index in [2.05, 4.69) is 10.6 Å². The zero-order chi connectivity index (χ0) is 11.8. The van der Waals surface area contributed by atoms with Gasteiger partial charge >= 0.3 is 0 Å². The van der Waals surface area contributed by atoms with E-state index in [0.717, 1.165) is 19.3 Å². The van der Waals surface area contributed by atoms with Gasteiger partial charge in [0.25, 0.3) is 0 Å². The Morgan fingerprint density at radius 1 is 1.35 bits per heavy atom. The summed E-state index contributed by atoms with van der Waals surface area (Å²) < 4.78 is 5.71. The molecule has 2 N–H and O–H groups in total. The normalized spacial score (nSPS) is 40.1. The Balaban J connectivity index is 1.52. The van der Waals surface area contributed by atoms with Crippen LogP contribution >= 0.6 is 0 Å². The predicted octanol–water partition coefficient (Wildman–Crippen LogP) is -0.0513. The Bertz CT molecular complexity index is 335. The SMILES string of the molecule is O=C1CCC(C(=O)NC2CC3CCC2O3)CN1. The van der Waals surface area contributed by atoms with Crippen LogP contribution in [0.15, 0.2) is 0 Å². The van der Waals surface area contributed by atoms with Crippen molar-refractivity contribution in [2.24, 2.45) is 5.92 Å². The average molecular weight is 238 g/mol. The molecule has 5 nitrogen and oxygen atoms in total. The van der Waals surface area contributed by atoms with Crippen molar-refractivity contribution in [3.05, 3.63) is 0 Å². The van der Waals surface area contributed by atoms with E-state index in [-0.39, 0.29) is 29.9 Å². The van der Waals surface area contributed by atoms with Crippen LogP contribution in [-0.4, -0.2) is 36.6 Å². The number of fused-ring (bicyclic) bond motifs is 2. The maximum Gasteiger partial charge on any atom is 0.225 e. The summed E-state index contributed by atoms with van der Waals surface area (Å²) in [6.45, 7) is 0.479. The molecule has 4 unspecified atom stereocenters. The largest absolute Gasteiger partial charge is 0.373 e. The lowest BCUT2D eigenvalue weighted by molar-refractivity contribution is -0.129. The summed E-state index contributed by atoms with van der Waals surface area (Å²) in [7, 11) is 0. The van der Waals surface area contributed by atoms with Crippen molar-refractivity contribution in [1.29, 1.82) is 0 Å². The second-order valence-electron chi connectivity index (χ2n) is 5.26. The van der Waals surface area contributed by atoms with Crippen molar-refractivity contribution in [3.8, 4) is 0 Å². The number of ether oxygens (including phenoxy) is 1. The molecule has 5 heteroatoms. The number of rotatable bonds is 2. The van der Waals surface area contributed by atoms with E-state index in [0.29, 0.717) is 25.5 Å². The average Bonchev–Trinajstić information content (AvgIpc) is 2.91. The second kappa shape index (κ2) is 4.29. The van der Waals surface area contributed by atoms with Crippen LogP contribution in [0.5, 0.6) is 0 Å². The molecule has 3 fully saturated rings. The predicted molar refractivity (Wildman–Crippen MR) is 60.2 cm³/mol. The van der Waals surface area contributed by atoms with Crippen LogP contribution in [0.2, 0.25) is 0 Å². The number of piperidine rings is 1. The minimum atomic E-state index is -0.0631. The molecule has 2 amide bonds. The van der Waals surface area contributed by atoms with E-state index >= 15 is 0 Å². The monoisotopic (exact) mass is 238 g/mol. The van der Waals surface area contributed by atoms with Gasteiger partial charge in [0.2, 0.25) is 11.8 Å². The van der Waals surface area contributed by atoms with Gasteiger partial charge in [-0.15, -0.1) is 0 Å². The molecule has 3 heterocycles. The third-order valence-corrected chi connectivity index (χ3v) is 4.07. The number of nitrogens with one attached hydrogen (secondary N) is 2. The topological polar surface area (TPSA) is 67.4 Å². The Morgan fingerprint density at radius 3 is 2.82 bits per heavy atom. The molecule has 4 atom stereocenters. The Hall–Kier alpha value is -1.10. The summed E-state index contributed by atoms with van der Waals surface area (Å²) in [4.78, 5) is 23.0. The van der Waals surface area contributed by atoms with Gasteiger partial charge in [0.1, 0.15) is 0 Å². The first-order valence-corrected chi connectivity index (χ1v) is 6.45. The fraction of sp³-hybridized carbons (Fsp3) is 0.833. The maximum absolute atomic E-state index is 12.0. The quantitative estimate of drug-likeness (QED) is 0.708. The molecule has 0 radical (unpaired) electrons. The van der Waals surface area contributed by atoms with Gasteiger partial charge in [-0.05, 0) is 25.7 Å². The molecule has 0 aliphatic carbocycles. The first-order chi connectivity index (χ1) is 8.22. The highest BCUT2D eigenvalue weighted by Gasteiger charge is 2.42. The zero-order valence-electron chi connectivity index (χ0n) is 9.78. The summed E-state index contributed by atoms with van der Waals surface area (Å²) in [6.07, 6.45) is 4.87. The van der Waals surface area contributed by atoms with Crippen LogP contribution in [-0.2, 0) is 14.3 Å². The van der Waals surface area contributed by atoms with Gasteiger partial charge in [0.15, 0.2) is 0 Å². The molecule has 3 aliphatic rings. The number of carbonyl (C=O) groups is 2. The molecule has 2 bridgehead atoms. The Labute approximate surface area is 100 Å². The van der Waals surface area contributed by atoms with Gasteiger partial charge < -0.3 is 15.4 Å². The van der Waals surface area contributed by atoms with E-state index < -0.39 is 0 Å². The molecular weight excluding hydrogens is 220 g/mol. The van der Waals surface area contributed by atoms with Crippen molar-refractivity contribution in [3.63, 3.8) is 0 Å². The van der Waals surface area contributed by atoms with Crippen molar-refractivity contribution < 1.29 is 14.3 Å². The molecule has 3 saturated heterocycles. The van der Waals surface area contributed by atoms with E-state index in [9.17, 15) is 9.59 Å². The van der Waals surface area contributed by atoms with E-state index in [1.807, 2.05) is 0 Å². The number of hydrogen-bond donors (Lipinski definition) is 2. The fourth-order valence-electron chi connectivity index (χ4n) is 3.05. The standard InChI is InChI=1S/C12H18N2O3/c15-11-4-1-7(6-13-11)12(16)14-9-5-8-2-3-10(9)17-8/h7-10H,1-6H2,(H,13,15)(H,14,16). The lowest BCUT2D eigenvalue weighted by Gasteiger charge is -2.26. The molecule has 94 valence electrons. The van der Waals surface area contributed by atoms with Crippen LogP contribution in [0, 0.1) is 5.92 Å². The molecule has 0 saturated carbocycles.